The smallest absolute Gasteiger partial charge is 0.185 e. The predicted octanol–water partition coefficient (Wildman–Crippen LogP) is 5.16. The third-order valence-corrected chi connectivity index (χ3v) is 6.06. The van der Waals surface area contributed by atoms with Gasteiger partial charge in [-0.3, -0.25) is 4.79 Å². The lowest BCUT2D eigenvalue weighted by Gasteiger charge is -2.23. The van der Waals surface area contributed by atoms with Gasteiger partial charge in [0, 0.05) is 23.6 Å². The molecule has 31 heavy (non-hydrogen) atoms. The van der Waals surface area contributed by atoms with Gasteiger partial charge in [0.05, 0.1) is 23.6 Å². The summed E-state index contributed by atoms with van der Waals surface area (Å²) in [5, 5.41) is 14.7. The molecule has 0 N–H and O–H groups in total. The molecule has 0 bridgehead atoms. The highest BCUT2D eigenvalue weighted by Crippen LogP contribution is 2.35. The van der Waals surface area contributed by atoms with Crippen LogP contribution in [0.4, 0.5) is 0 Å². The van der Waals surface area contributed by atoms with E-state index < -0.39 is 0 Å². The van der Waals surface area contributed by atoms with E-state index in [2.05, 4.69) is 10.2 Å². The van der Waals surface area contributed by atoms with E-state index in [1.165, 1.54) is 0 Å². The predicted molar refractivity (Wildman–Crippen MR) is 119 cm³/mol. The molecule has 2 heterocycles. The van der Waals surface area contributed by atoms with Crippen LogP contribution in [0.1, 0.15) is 39.8 Å². The number of benzene rings is 2. The van der Waals surface area contributed by atoms with E-state index in [-0.39, 0.29) is 11.7 Å². The van der Waals surface area contributed by atoms with Gasteiger partial charge in [0.2, 0.25) is 0 Å². The molecule has 8 heteroatoms. The average molecular weight is 453 g/mol. The van der Waals surface area contributed by atoms with Gasteiger partial charge in [-0.1, -0.05) is 47.5 Å². The van der Waals surface area contributed by atoms with Crippen molar-refractivity contribution >= 4 is 34.6 Å². The largest absolute Gasteiger partial charge is 0.378 e. The number of nitrogens with zero attached hydrogens (tertiary/aromatic N) is 4. The minimum atomic E-state index is -0.0440. The van der Waals surface area contributed by atoms with Gasteiger partial charge in [-0.15, -0.1) is 10.2 Å². The van der Waals surface area contributed by atoms with Crippen molar-refractivity contribution in [3.63, 3.8) is 0 Å². The molecular formula is C23H18Cl2N4O2. The molecular weight excluding hydrogens is 435 g/mol. The molecule has 0 radical (unpaired) electrons. The highest BCUT2D eigenvalue weighted by molar-refractivity contribution is 6.30. The van der Waals surface area contributed by atoms with Gasteiger partial charge in [0.15, 0.2) is 17.1 Å². The van der Waals surface area contributed by atoms with Crippen LogP contribution in [-0.4, -0.2) is 32.7 Å². The van der Waals surface area contributed by atoms with Crippen LogP contribution < -0.4 is 0 Å². The SMILES string of the molecule is COCc1nn2c3c(nnc2c1-c1ccc(Cl)cc1)C(=O)C[C@H](c1cccc(Cl)c1)C3. The number of carbonyl (C=O) groups excluding carboxylic acids is 1. The molecule has 6 nitrogen and oxygen atoms in total. The number of hydrogen-bond acceptors (Lipinski definition) is 5. The van der Waals surface area contributed by atoms with Gasteiger partial charge in [-0.05, 0) is 47.7 Å². The summed E-state index contributed by atoms with van der Waals surface area (Å²) >= 11 is 12.3. The summed E-state index contributed by atoms with van der Waals surface area (Å²) in [5.74, 6) is -0.0439. The van der Waals surface area contributed by atoms with Crippen molar-refractivity contribution in [1.29, 1.82) is 0 Å². The zero-order chi connectivity index (χ0) is 21.5. The lowest BCUT2D eigenvalue weighted by atomic mass is 9.83. The Bertz CT molecular complexity index is 1300. The first-order valence-corrected chi connectivity index (χ1v) is 10.6. The number of fused-ring (bicyclic) bond motifs is 3. The van der Waals surface area contributed by atoms with E-state index in [0.717, 1.165) is 28.1 Å². The Hall–Kier alpha value is -2.80. The molecule has 0 amide bonds. The number of rotatable bonds is 4. The maximum atomic E-state index is 12.9. The van der Waals surface area contributed by atoms with E-state index in [1.54, 1.807) is 11.6 Å². The lowest BCUT2D eigenvalue weighted by molar-refractivity contribution is 0.0955. The molecule has 1 aliphatic rings. The van der Waals surface area contributed by atoms with Crippen LogP contribution in [0, 0.1) is 0 Å². The summed E-state index contributed by atoms with van der Waals surface area (Å²) in [5.41, 5.74) is 5.21. The Morgan fingerprint density at radius 1 is 1.06 bits per heavy atom. The molecule has 0 saturated heterocycles. The molecule has 5 rings (SSSR count). The van der Waals surface area contributed by atoms with Crippen molar-refractivity contribution in [3.05, 3.63) is 81.2 Å². The number of hydrogen-bond donors (Lipinski definition) is 0. The summed E-state index contributed by atoms with van der Waals surface area (Å²) in [7, 11) is 1.62. The Morgan fingerprint density at radius 3 is 2.61 bits per heavy atom. The molecule has 0 spiro atoms. The van der Waals surface area contributed by atoms with Crippen LogP contribution >= 0.6 is 23.2 Å². The highest BCUT2D eigenvalue weighted by atomic mass is 35.5. The Balaban J connectivity index is 1.68. The maximum Gasteiger partial charge on any atom is 0.185 e. The number of aromatic nitrogens is 4. The second kappa shape index (κ2) is 8.04. The maximum absolute atomic E-state index is 12.9. The molecule has 156 valence electrons. The van der Waals surface area contributed by atoms with Crippen LogP contribution in [0.25, 0.3) is 16.8 Å². The third-order valence-electron chi connectivity index (χ3n) is 5.58. The van der Waals surface area contributed by atoms with Crippen LogP contribution in [0.5, 0.6) is 0 Å². The normalized spacial score (nSPS) is 16.0. The zero-order valence-electron chi connectivity index (χ0n) is 16.7. The molecule has 2 aromatic carbocycles. The third kappa shape index (κ3) is 3.61. The van der Waals surface area contributed by atoms with Gasteiger partial charge in [-0.2, -0.15) is 5.10 Å². The number of methoxy groups -OCH3 is 1. The van der Waals surface area contributed by atoms with Crippen molar-refractivity contribution in [3.8, 4) is 11.1 Å². The van der Waals surface area contributed by atoms with E-state index in [9.17, 15) is 4.79 Å². The summed E-state index contributed by atoms with van der Waals surface area (Å²) < 4.78 is 7.13. The van der Waals surface area contributed by atoms with Crippen LogP contribution in [0.3, 0.4) is 0 Å². The van der Waals surface area contributed by atoms with Crippen molar-refractivity contribution in [2.45, 2.75) is 25.4 Å². The standard InChI is InChI=1S/C23H18Cl2N4O2/c1-31-12-18-21(13-5-7-16(24)8-6-13)23-27-26-22-19(29(23)28-18)10-15(11-20(22)30)14-3-2-4-17(25)9-14/h2-9,15H,10-12H2,1H3/t15-/m1/s1. The van der Waals surface area contributed by atoms with Gasteiger partial charge in [0.25, 0.3) is 0 Å². The molecule has 2 aromatic heterocycles. The quantitative estimate of drug-likeness (QED) is 0.427. The minimum absolute atomic E-state index is 0.000145. The van der Waals surface area contributed by atoms with Crippen molar-refractivity contribution in [2.24, 2.45) is 0 Å². The van der Waals surface area contributed by atoms with Crippen molar-refractivity contribution < 1.29 is 9.53 Å². The van der Waals surface area contributed by atoms with Crippen LogP contribution in [-0.2, 0) is 17.8 Å². The Kier molecular flexibility index (Phi) is 5.22. The van der Waals surface area contributed by atoms with Crippen LogP contribution in [0.2, 0.25) is 10.0 Å². The fraction of sp³-hybridized carbons (Fsp3) is 0.217. The second-order valence-electron chi connectivity index (χ2n) is 7.58. The molecule has 4 aromatic rings. The van der Waals surface area contributed by atoms with Gasteiger partial charge >= 0.3 is 0 Å². The second-order valence-corrected chi connectivity index (χ2v) is 8.45. The summed E-state index contributed by atoms with van der Waals surface area (Å²) in [6, 6.07) is 15.1. The lowest BCUT2D eigenvalue weighted by Crippen LogP contribution is -2.24. The van der Waals surface area contributed by atoms with Gasteiger partial charge < -0.3 is 4.74 Å². The van der Waals surface area contributed by atoms with Gasteiger partial charge in [-0.25, -0.2) is 4.52 Å². The Morgan fingerprint density at radius 2 is 1.87 bits per heavy atom. The van der Waals surface area contributed by atoms with Gasteiger partial charge in [0.1, 0.15) is 0 Å². The Labute approximate surface area is 188 Å². The van der Waals surface area contributed by atoms with E-state index >= 15 is 0 Å². The molecule has 0 saturated carbocycles. The molecule has 0 fully saturated rings. The average Bonchev–Trinajstić information content (AvgIpc) is 3.13. The van der Waals surface area contributed by atoms with Crippen molar-refractivity contribution in [2.75, 3.05) is 7.11 Å². The fourth-order valence-electron chi connectivity index (χ4n) is 4.16. The highest BCUT2D eigenvalue weighted by Gasteiger charge is 2.32. The summed E-state index contributed by atoms with van der Waals surface area (Å²) in [4.78, 5) is 12.9. The zero-order valence-corrected chi connectivity index (χ0v) is 18.2. The first-order chi connectivity index (χ1) is 15.0. The first-order valence-electron chi connectivity index (χ1n) is 9.86. The summed E-state index contributed by atoms with van der Waals surface area (Å²) in [6.07, 6.45) is 0.978. The van der Waals surface area contributed by atoms with E-state index in [1.807, 2.05) is 48.5 Å². The number of ether oxygens (including phenoxy) is 1. The number of Topliss-reactive ketones (excluding diaryl/α,β-unsaturated/α-hetero) is 1. The topological polar surface area (TPSA) is 69.4 Å². The minimum Gasteiger partial charge on any atom is -0.378 e. The van der Waals surface area contributed by atoms with Crippen molar-refractivity contribution in [1.82, 2.24) is 19.8 Å². The monoisotopic (exact) mass is 452 g/mol. The molecule has 0 unspecified atom stereocenters. The number of ketones is 1. The first kappa shape index (κ1) is 20.1. The number of halogens is 2. The molecule has 1 atom stereocenters. The van der Waals surface area contributed by atoms with Crippen LogP contribution in [0.15, 0.2) is 48.5 Å². The number of carbonyl (C=O) groups is 1. The summed E-state index contributed by atoms with van der Waals surface area (Å²) in [6.45, 7) is 0.307. The van der Waals surface area contributed by atoms with E-state index in [0.29, 0.717) is 40.8 Å². The van der Waals surface area contributed by atoms with E-state index in [4.69, 9.17) is 33.0 Å². The molecule has 0 aliphatic heterocycles. The molecule has 1 aliphatic carbocycles. The fourth-order valence-corrected chi connectivity index (χ4v) is 4.49.